The molecule has 0 spiro atoms. The second-order valence-corrected chi connectivity index (χ2v) is 22.3. The minimum Gasteiger partial charge on any atom is -0.453 e. The molecule has 14 heteroatoms. The van der Waals surface area contributed by atoms with Crippen molar-refractivity contribution in [3.05, 3.63) is 153 Å². The van der Waals surface area contributed by atoms with E-state index >= 15 is 0 Å². The van der Waals surface area contributed by atoms with Crippen molar-refractivity contribution in [2.45, 2.75) is 114 Å². The minimum atomic E-state index is -0.860. The van der Waals surface area contributed by atoms with Crippen molar-refractivity contribution in [3.8, 4) is 0 Å². The summed E-state index contributed by atoms with van der Waals surface area (Å²) in [6.45, 7) is 1.19. The van der Waals surface area contributed by atoms with Crippen LogP contribution >= 0.6 is 0 Å². The standard InChI is InChI=1S/C60H66N8O6/c1-73-59(71)65-53(33-11-5-3-6-12-33)57(69)67-27-9-15-47(67)55-61-32-46(64-55)43-25-24-42(51-38-19-20-39(30-38)52(43)51)41-23-22-40(49-36-17-18-37(29-36)50(41)49)35-21-26-44-45(31-35)63-56(62-44)48-16-10-28-68(48)58(70)54(66-60(72)74-2)34-13-7-4-8-14-34/h3-8,11-14,21-23,26,32,36-39,45,47-50,53-54H,9-10,15-20,24-25,27-31H2,1-2H3,(H,61,64)(H,62,63)(H,65,71)(H,66,72)/t36?,37?,38?,39?,45?,47-,48-,49?,50?,53-,54-/m0/s1. The molecule has 382 valence electrons. The van der Waals surface area contributed by atoms with E-state index in [1.54, 1.807) is 22.3 Å². The first kappa shape index (κ1) is 46.8. The smallest absolute Gasteiger partial charge is 0.407 e. The number of hydrogen-bond donors (Lipinski definition) is 4. The van der Waals surface area contributed by atoms with Crippen molar-refractivity contribution < 1.29 is 28.7 Å². The number of carbonyl (C=O) groups excluding carboxylic acids is 4. The van der Waals surface area contributed by atoms with Crippen molar-refractivity contribution in [2.75, 3.05) is 27.3 Å². The first-order valence-electron chi connectivity index (χ1n) is 27.3. The van der Waals surface area contributed by atoms with E-state index in [1.807, 2.05) is 76.7 Å². The highest BCUT2D eigenvalue weighted by atomic mass is 16.5. The zero-order chi connectivity index (χ0) is 50.2. The van der Waals surface area contributed by atoms with Crippen molar-refractivity contribution in [1.29, 1.82) is 0 Å². The lowest BCUT2D eigenvalue weighted by atomic mass is 9.63. The molecule has 4 bridgehead atoms. The van der Waals surface area contributed by atoms with Crippen LogP contribution in [0.2, 0.25) is 0 Å². The number of imidazole rings is 1. The van der Waals surface area contributed by atoms with Gasteiger partial charge in [-0.2, -0.15) is 0 Å². The molecule has 1 aromatic heterocycles. The first-order chi connectivity index (χ1) is 36.2. The number of benzene rings is 2. The maximum atomic E-state index is 14.3. The number of allylic oxidation sites excluding steroid dienone is 10. The highest BCUT2D eigenvalue weighted by Crippen LogP contribution is 2.64. The van der Waals surface area contributed by atoms with Crippen LogP contribution in [0.3, 0.4) is 0 Å². The normalized spacial score (nSPS) is 30.1. The number of carbonyl (C=O) groups is 4. The van der Waals surface area contributed by atoms with Gasteiger partial charge in [-0.15, -0.1) is 0 Å². The third kappa shape index (κ3) is 7.96. The average Bonchev–Trinajstić information content (AvgIpc) is 4.32. The molecule has 10 aliphatic rings. The van der Waals surface area contributed by atoms with Gasteiger partial charge in [-0.3, -0.25) is 9.59 Å². The number of hydrogen-bond acceptors (Lipinski definition) is 9. The number of aromatic nitrogens is 2. The molecular formula is C60H66N8O6. The maximum Gasteiger partial charge on any atom is 0.407 e. The molecule has 4 saturated carbocycles. The van der Waals surface area contributed by atoms with Crippen molar-refractivity contribution >= 4 is 35.4 Å². The molecule has 74 heavy (non-hydrogen) atoms. The molecule has 7 aliphatic carbocycles. The molecule has 7 unspecified atom stereocenters. The number of methoxy groups -OCH3 is 2. The fourth-order valence-electron chi connectivity index (χ4n) is 15.6. The summed E-state index contributed by atoms with van der Waals surface area (Å²) >= 11 is 0. The molecule has 2 aromatic carbocycles. The lowest BCUT2D eigenvalue weighted by Crippen LogP contribution is -2.50. The van der Waals surface area contributed by atoms with Gasteiger partial charge in [0.25, 0.3) is 11.8 Å². The van der Waals surface area contributed by atoms with Gasteiger partial charge < -0.3 is 40.2 Å². The summed E-state index contributed by atoms with van der Waals surface area (Å²) in [5.74, 6) is 4.92. The molecule has 4 N–H and O–H groups in total. The number of amides is 4. The molecule has 11 atom stereocenters. The molecule has 3 aromatic rings. The van der Waals surface area contributed by atoms with Gasteiger partial charge in [0.2, 0.25) is 0 Å². The SMILES string of the molecule is COC(=O)N[C@H](C(=O)N1CCC[C@H]1C1=NC2=CC=C(C3=CC=C(C4=C5C(=C(c6cnc([C@@H]7CCCN7C(=O)[C@@H](NC(=O)OC)c7ccccc7)[nH]6)CC4)C4CCC5C4)C4C5CCC(C5)C34)CC2N1)c1ccccc1. The third-order valence-corrected chi connectivity index (χ3v) is 18.7. The molecule has 6 fully saturated rings. The van der Waals surface area contributed by atoms with Crippen molar-refractivity contribution in [2.24, 2.45) is 40.5 Å². The van der Waals surface area contributed by atoms with Gasteiger partial charge in [0.05, 0.1) is 49.9 Å². The van der Waals surface area contributed by atoms with Crippen LogP contribution in [0.4, 0.5) is 9.59 Å². The number of H-pyrrole nitrogens is 1. The Hall–Kier alpha value is -6.96. The molecule has 0 radical (unpaired) electrons. The van der Waals surface area contributed by atoms with E-state index in [0.717, 1.165) is 68.0 Å². The van der Waals surface area contributed by atoms with E-state index < -0.39 is 24.3 Å². The number of amidine groups is 1. The van der Waals surface area contributed by atoms with Crippen LogP contribution in [0.5, 0.6) is 0 Å². The Morgan fingerprint density at radius 1 is 0.662 bits per heavy atom. The first-order valence-corrected chi connectivity index (χ1v) is 27.3. The van der Waals surface area contributed by atoms with Gasteiger partial charge in [-0.05, 0) is 175 Å². The molecule has 4 heterocycles. The summed E-state index contributed by atoms with van der Waals surface area (Å²) in [7, 11) is 2.63. The Balaban J connectivity index is 0.764. The number of nitrogens with one attached hydrogen (secondary N) is 4. The summed E-state index contributed by atoms with van der Waals surface area (Å²) in [4.78, 5) is 71.3. The highest BCUT2D eigenvalue weighted by Gasteiger charge is 2.54. The summed E-state index contributed by atoms with van der Waals surface area (Å²) in [5.41, 5.74) is 14.3. The molecule has 13 rings (SSSR count). The molecule has 3 aliphatic heterocycles. The fraction of sp³-hybridized carbons (Fsp3) is 0.467. The van der Waals surface area contributed by atoms with Crippen LogP contribution in [0.1, 0.15) is 124 Å². The van der Waals surface area contributed by atoms with E-state index in [2.05, 4.69) is 45.2 Å². The number of ether oxygens (including phenoxy) is 2. The number of likely N-dealkylation sites (tertiary alicyclic amines) is 2. The highest BCUT2D eigenvalue weighted by molar-refractivity contribution is 5.97. The van der Waals surface area contributed by atoms with Crippen LogP contribution in [0.15, 0.2) is 135 Å². The third-order valence-electron chi connectivity index (χ3n) is 18.7. The van der Waals surface area contributed by atoms with Gasteiger partial charge in [-0.1, -0.05) is 78.9 Å². The number of alkyl carbamates (subject to hydrolysis) is 2. The van der Waals surface area contributed by atoms with E-state index in [-0.39, 0.29) is 29.9 Å². The Bertz CT molecular complexity index is 3020. The average molecular weight is 995 g/mol. The number of rotatable bonds is 11. The summed E-state index contributed by atoms with van der Waals surface area (Å²) in [6, 6.07) is 16.7. The predicted molar refractivity (Wildman–Crippen MR) is 280 cm³/mol. The number of nitrogens with zero attached hydrogens (tertiary/aromatic N) is 4. The van der Waals surface area contributed by atoms with Crippen molar-refractivity contribution in [1.82, 2.24) is 35.7 Å². The molecule has 2 saturated heterocycles. The molecule has 14 nitrogen and oxygen atoms in total. The van der Waals surface area contributed by atoms with Gasteiger partial charge in [0.15, 0.2) is 0 Å². The van der Waals surface area contributed by atoms with Crippen LogP contribution in [-0.4, -0.2) is 89.0 Å². The van der Waals surface area contributed by atoms with Crippen molar-refractivity contribution in [3.63, 3.8) is 0 Å². The van der Waals surface area contributed by atoms with Gasteiger partial charge >= 0.3 is 12.2 Å². The van der Waals surface area contributed by atoms with Gasteiger partial charge in [-0.25, -0.2) is 19.6 Å². The quantitative estimate of drug-likeness (QED) is 0.147. The minimum absolute atomic E-state index is 0.0439. The number of aliphatic imine (C=N–C) groups is 1. The molecular weight excluding hydrogens is 929 g/mol. The summed E-state index contributed by atoms with van der Waals surface area (Å²) in [6.07, 6.45) is 24.2. The van der Waals surface area contributed by atoms with Gasteiger partial charge in [0, 0.05) is 13.1 Å². The topological polar surface area (TPSA) is 170 Å². The van der Waals surface area contributed by atoms with Crippen LogP contribution < -0.4 is 16.0 Å². The summed E-state index contributed by atoms with van der Waals surface area (Å²) in [5, 5.41) is 9.41. The summed E-state index contributed by atoms with van der Waals surface area (Å²) < 4.78 is 9.87. The van der Waals surface area contributed by atoms with Gasteiger partial charge in [0.1, 0.15) is 23.7 Å². The number of aromatic amines is 1. The van der Waals surface area contributed by atoms with Crippen LogP contribution in [-0.2, 0) is 19.1 Å². The Morgan fingerprint density at radius 3 is 1.89 bits per heavy atom. The Kier molecular flexibility index (Phi) is 12.1. The predicted octanol–water partition coefficient (Wildman–Crippen LogP) is 9.65. The Morgan fingerprint density at radius 2 is 1.24 bits per heavy atom. The van der Waals surface area contributed by atoms with E-state index in [1.165, 1.54) is 69.5 Å². The van der Waals surface area contributed by atoms with Crippen LogP contribution in [0.25, 0.3) is 5.57 Å². The number of fused-ring (bicyclic) bond motifs is 11. The van der Waals surface area contributed by atoms with Crippen LogP contribution in [0, 0.1) is 35.5 Å². The largest absolute Gasteiger partial charge is 0.453 e. The maximum absolute atomic E-state index is 14.3. The zero-order valence-electron chi connectivity index (χ0n) is 42.4. The van der Waals surface area contributed by atoms with E-state index in [9.17, 15) is 19.2 Å². The Labute approximate surface area is 432 Å². The van der Waals surface area contributed by atoms with E-state index in [4.69, 9.17) is 19.5 Å². The van der Waals surface area contributed by atoms with E-state index in [0.29, 0.717) is 59.7 Å². The zero-order valence-corrected chi connectivity index (χ0v) is 42.4. The monoisotopic (exact) mass is 995 g/mol. The lowest BCUT2D eigenvalue weighted by molar-refractivity contribution is -0.135. The fourth-order valence-corrected chi connectivity index (χ4v) is 15.6. The second-order valence-electron chi connectivity index (χ2n) is 22.3. The second kappa shape index (κ2) is 19.1. The lowest BCUT2D eigenvalue weighted by Gasteiger charge is -2.41. The molecule has 4 amide bonds.